The van der Waals surface area contributed by atoms with E-state index >= 15 is 0 Å². The minimum atomic E-state index is 0.0822. The molecule has 0 fully saturated rings. The summed E-state index contributed by atoms with van der Waals surface area (Å²) >= 11 is 0. The number of nitrogens with one attached hydrogen (secondary N) is 1. The number of unbranched alkanes of at least 4 members (excludes halogenated alkanes) is 3. The maximum atomic E-state index is 12.4. The summed E-state index contributed by atoms with van der Waals surface area (Å²) in [6.45, 7) is 5.07. The van der Waals surface area contributed by atoms with Gasteiger partial charge in [0.25, 0.3) is 0 Å². The lowest BCUT2D eigenvalue weighted by molar-refractivity contribution is -0.120. The summed E-state index contributed by atoms with van der Waals surface area (Å²) in [6.07, 6.45) is 13.1. The Morgan fingerprint density at radius 3 is 2.68 bits per heavy atom. The molecule has 2 heterocycles. The van der Waals surface area contributed by atoms with Crippen molar-refractivity contribution in [3.05, 3.63) is 42.4 Å². The van der Waals surface area contributed by atoms with Crippen molar-refractivity contribution in [3.8, 4) is 0 Å². The molecule has 1 atom stereocenters. The third-order valence-electron chi connectivity index (χ3n) is 4.54. The van der Waals surface area contributed by atoms with Gasteiger partial charge in [0.15, 0.2) is 5.82 Å². The van der Waals surface area contributed by atoms with Gasteiger partial charge in [0, 0.05) is 37.1 Å². The van der Waals surface area contributed by atoms with Crippen LogP contribution in [0.1, 0.15) is 57.9 Å². The van der Waals surface area contributed by atoms with Gasteiger partial charge in [0.05, 0.1) is 0 Å². The number of aryl methyl sites for hydroxylation is 2. The average Bonchev–Trinajstić information content (AvgIpc) is 3.08. The molecule has 0 bridgehead atoms. The van der Waals surface area contributed by atoms with Crippen LogP contribution >= 0.6 is 0 Å². The number of hydrogen-bond donors (Lipinski definition) is 1. The van der Waals surface area contributed by atoms with E-state index in [9.17, 15) is 4.79 Å². The van der Waals surface area contributed by atoms with Crippen molar-refractivity contribution >= 4 is 11.7 Å². The fourth-order valence-corrected chi connectivity index (χ4v) is 2.91. The Balaban J connectivity index is 1.79. The van der Waals surface area contributed by atoms with Gasteiger partial charge >= 0.3 is 0 Å². The monoisotopic (exact) mass is 342 g/mol. The van der Waals surface area contributed by atoms with Gasteiger partial charge in [0.2, 0.25) is 5.91 Å². The number of aromatic nitrogens is 3. The van der Waals surface area contributed by atoms with Crippen LogP contribution in [0, 0.1) is 5.92 Å². The number of amides is 1. The molecule has 1 unspecified atom stereocenters. The number of carbonyl (C=O) groups is 1. The van der Waals surface area contributed by atoms with E-state index in [1.54, 1.807) is 12.4 Å². The minimum Gasteiger partial charge on any atom is -0.309 e. The Morgan fingerprint density at radius 1 is 1.16 bits per heavy atom. The highest BCUT2D eigenvalue weighted by atomic mass is 16.1. The second-order valence-electron chi connectivity index (χ2n) is 6.51. The molecule has 5 heteroatoms. The van der Waals surface area contributed by atoms with Crippen molar-refractivity contribution in [1.29, 1.82) is 0 Å². The van der Waals surface area contributed by atoms with Crippen LogP contribution < -0.4 is 5.32 Å². The van der Waals surface area contributed by atoms with Crippen LogP contribution in [-0.4, -0.2) is 20.7 Å². The molecule has 5 nitrogen and oxygen atoms in total. The Labute approximate surface area is 150 Å². The number of pyridine rings is 1. The molecule has 0 radical (unpaired) electrons. The first-order chi connectivity index (χ1) is 12.2. The molecule has 2 aromatic rings. The van der Waals surface area contributed by atoms with E-state index in [0.29, 0.717) is 5.82 Å². The lowest BCUT2D eigenvalue weighted by Gasteiger charge is -2.13. The molecular formula is C20H30N4O. The van der Waals surface area contributed by atoms with Gasteiger partial charge in [-0.05, 0) is 37.0 Å². The quantitative estimate of drug-likeness (QED) is 0.614. The summed E-state index contributed by atoms with van der Waals surface area (Å²) < 4.78 is 1.87. The zero-order chi connectivity index (χ0) is 17.9. The van der Waals surface area contributed by atoms with E-state index < -0.39 is 0 Å². The maximum absolute atomic E-state index is 12.4. The molecule has 0 saturated heterocycles. The van der Waals surface area contributed by atoms with E-state index in [-0.39, 0.29) is 11.8 Å². The standard InChI is InChI=1S/C20H30N4O/c1-3-5-6-7-8-18(4-2)20(25)22-19-12-16-24(23-19)15-11-17-9-13-21-14-10-17/h9-10,12-14,16,18H,3-8,11,15H2,1-2H3,(H,22,23,25). The number of carbonyl (C=O) groups excluding carboxylic acids is 1. The highest BCUT2D eigenvalue weighted by Gasteiger charge is 2.17. The second kappa shape index (κ2) is 10.6. The molecule has 0 aromatic carbocycles. The second-order valence-corrected chi connectivity index (χ2v) is 6.51. The van der Waals surface area contributed by atoms with Crippen molar-refractivity contribution in [3.63, 3.8) is 0 Å². The van der Waals surface area contributed by atoms with Crippen molar-refractivity contribution < 1.29 is 4.79 Å². The Bertz CT molecular complexity index is 624. The van der Waals surface area contributed by atoms with Crippen molar-refractivity contribution in [2.75, 3.05) is 5.32 Å². The van der Waals surface area contributed by atoms with Crippen molar-refractivity contribution in [2.45, 2.75) is 65.3 Å². The molecule has 0 aliphatic carbocycles. The number of hydrogen-bond acceptors (Lipinski definition) is 3. The normalized spacial score (nSPS) is 12.1. The van der Waals surface area contributed by atoms with Gasteiger partial charge in [-0.1, -0.05) is 39.5 Å². The van der Waals surface area contributed by atoms with Gasteiger partial charge in [-0.25, -0.2) is 0 Å². The molecule has 1 amide bonds. The average molecular weight is 342 g/mol. The van der Waals surface area contributed by atoms with Gasteiger partial charge in [-0.2, -0.15) is 5.10 Å². The van der Waals surface area contributed by atoms with E-state index in [1.807, 2.05) is 29.1 Å². The Kier molecular flexibility index (Phi) is 8.16. The zero-order valence-corrected chi connectivity index (χ0v) is 15.4. The Morgan fingerprint density at radius 2 is 1.96 bits per heavy atom. The van der Waals surface area contributed by atoms with E-state index in [0.717, 1.165) is 32.2 Å². The summed E-state index contributed by atoms with van der Waals surface area (Å²) in [5, 5.41) is 7.43. The first-order valence-electron chi connectivity index (χ1n) is 9.46. The van der Waals surface area contributed by atoms with Crippen LogP contribution in [-0.2, 0) is 17.8 Å². The van der Waals surface area contributed by atoms with E-state index in [1.165, 1.54) is 24.8 Å². The highest BCUT2D eigenvalue weighted by Crippen LogP contribution is 2.16. The molecule has 25 heavy (non-hydrogen) atoms. The first kappa shape index (κ1) is 19.2. The van der Waals surface area contributed by atoms with Crippen LogP contribution in [0.4, 0.5) is 5.82 Å². The van der Waals surface area contributed by atoms with Gasteiger partial charge in [0.1, 0.15) is 0 Å². The van der Waals surface area contributed by atoms with Crippen LogP contribution in [0.15, 0.2) is 36.8 Å². The van der Waals surface area contributed by atoms with Crippen molar-refractivity contribution in [1.82, 2.24) is 14.8 Å². The van der Waals surface area contributed by atoms with Crippen LogP contribution in [0.2, 0.25) is 0 Å². The molecule has 2 rings (SSSR count). The highest BCUT2D eigenvalue weighted by molar-refractivity contribution is 5.91. The van der Waals surface area contributed by atoms with E-state index in [2.05, 4.69) is 29.2 Å². The maximum Gasteiger partial charge on any atom is 0.228 e. The first-order valence-corrected chi connectivity index (χ1v) is 9.46. The summed E-state index contributed by atoms with van der Waals surface area (Å²) in [6, 6.07) is 5.89. The van der Waals surface area contributed by atoms with Gasteiger partial charge in [-0.3, -0.25) is 14.5 Å². The zero-order valence-electron chi connectivity index (χ0n) is 15.4. The number of anilines is 1. The molecule has 0 spiro atoms. The lowest BCUT2D eigenvalue weighted by Crippen LogP contribution is -2.22. The number of rotatable bonds is 11. The topological polar surface area (TPSA) is 59.8 Å². The van der Waals surface area contributed by atoms with Crippen molar-refractivity contribution in [2.24, 2.45) is 5.92 Å². The molecule has 2 aromatic heterocycles. The SMILES string of the molecule is CCCCCCC(CC)C(=O)Nc1ccn(CCc2ccncc2)n1. The van der Waals surface area contributed by atoms with Crippen LogP contribution in [0.5, 0.6) is 0 Å². The van der Waals surface area contributed by atoms with Gasteiger partial charge < -0.3 is 5.32 Å². The van der Waals surface area contributed by atoms with Crippen LogP contribution in [0.3, 0.4) is 0 Å². The van der Waals surface area contributed by atoms with E-state index in [4.69, 9.17) is 0 Å². The third-order valence-corrected chi connectivity index (χ3v) is 4.54. The predicted octanol–water partition coefficient (Wildman–Crippen LogP) is 4.46. The largest absolute Gasteiger partial charge is 0.309 e. The van der Waals surface area contributed by atoms with Crippen LogP contribution in [0.25, 0.3) is 0 Å². The summed E-state index contributed by atoms with van der Waals surface area (Å²) in [5.74, 6) is 0.823. The number of nitrogens with zero attached hydrogens (tertiary/aromatic N) is 3. The summed E-state index contributed by atoms with van der Waals surface area (Å²) in [7, 11) is 0. The predicted molar refractivity (Wildman–Crippen MR) is 101 cm³/mol. The molecule has 136 valence electrons. The summed E-state index contributed by atoms with van der Waals surface area (Å²) in [4.78, 5) is 16.5. The molecule has 0 saturated carbocycles. The minimum absolute atomic E-state index is 0.0822. The molecule has 1 N–H and O–H groups in total. The Hall–Kier alpha value is -2.17. The third kappa shape index (κ3) is 6.69. The molecular weight excluding hydrogens is 312 g/mol. The lowest BCUT2D eigenvalue weighted by atomic mass is 9.97. The van der Waals surface area contributed by atoms with Gasteiger partial charge in [-0.15, -0.1) is 0 Å². The molecule has 0 aliphatic heterocycles. The summed E-state index contributed by atoms with van der Waals surface area (Å²) in [5.41, 5.74) is 1.23. The fraction of sp³-hybridized carbons (Fsp3) is 0.550. The fourth-order valence-electron chi connectivity index (χ4n) is 2.91. The molecule has 0 aliphatic rings. The smallest absolute Gasteiger partial charge is 0.228 e.